The van der Waals surface area contributed by atoms with Crippen LogP contribution in [0.5, 0.6) is 0 Å². The van der Waals surface area contributed by atoms with Gasteiger partial charge in [-0.1, -0.05) is 24.7 Å². The number of aliphatic hydroxyl groups excluding tert-OH is 1. The Bertz CT molecular complexity index is 273. The lowest BCUT2D eigenvalue weighted by Gasteiger charge is -2.14. The van der Waals surface area contributed by atoms with Crippen LogP contribution in [0.25, 0.3) is 0 Å². The smallest absolute Gasteiger partial charge is 0.185 e. The van der Waals surface area contributed by atoms with Crippen LogP contribution in [0.2, 0.25) is 0 Å². The number of thiazole rings is 1. The van der Waals surface area contributed by atoms with Crippen molar-refractivity contribution in [3.8, 4) is 0 Å². The first kappa shape index (κ1) is 11.5. The summed E-state index contributed by atoms with van der Waals surface area (Å²) < 4.78 is 0. The van der Waals surface area contributed by atoms with E-state index >= 15 is 0 Å². The van der Waals surface area contributed by atoms with Crippen molar-refractivity contribution in [2.75, 3.05) is 18.5 Å². The van der Waals surface area contributed by atoms with Gasteiger partial charge in [-0.05, 0) is 13.3 Å². The molecule has 0 aromatic carbocycles. The van der Waals surface area contributed by atoms with Crippen molar-refractivity contribution in [3.63, 3.8) is 0 Å². The van der Waals surface area contributed by atoms with Gasteiger partial charge in [0.15, 0.2) is 5.13 Å². The summed E-state index contributed by atoms with van der Waals surface area (Å²) in [7, 11) is 2.04. The minimum absolute atomic E-state index is 0.402. The molecule has 0 fully saturated rings. The molecule has 1 unspecified atom stereocenters. The van der Waals surface area contributed by atoms with Crippen molar-refractivity contribution in [1.82, 2.24) is 4.98 Å². The van der Waals surface area contributed by atoms with Crippen LogP contribution in [0.3, 0.4) is 0 Å². The molecule has 0 bridgehead atoms. The fourth-order valence-corrected chi connectivity index (χ4v) is 1.98. The van der Waals surface area contributed by atoms with Gasteiger partial charge in [0.1, 0.15) is 0 Å². The highest BCUT2D eigenvalue weighted by Gasteiger charge is 2.09. The van der Waals surface area contributed by atoms with Crippen molar-refractivity contribution in [2.45, 2.75) is 32.8 Å². The highest BCUT2D eigenvalue weighted by molar-refractivity contribution is 7.15. The van der Waals surface area contributed by atoms with E-state index in [1.807, 2.05) is 7.05 Å². The van der Waals surface area contributed by atoms with Gasteiger partial charge in [-0.3, -0.25) is 0 Å². The molecule has 0 aliphatic rings. The van der Waals surface area contributed by atoms with Gasteiger partial charge in [0.2, 0.25) is 0 Å². The summed E-state index contributed by atoms with van der Waals surface area (Å²) >= 11 is 1.56. The largest absolute Gasteiger partial charge is 0.388 e. The maximum atomic E-state index is 9.35. The highest BCUT2D eigenvalue weighted by atomic mass is 32.1. The predicted molar refractivity (Wildman–Crippen MR) is 60.9 cm³/mol. The Morgan fingerprint density at radius 2 is 2.36 bits per heavy atom. The summed E-state index contributed by atoms with van der Waals surface area (Å²) in [6.45, 7) is 4.98. The number of aliphatic hydroxyl groups is 1. The van der Waals surface area contributed by atoms with E-state index in [0.717, 1.165) is 16.6 Å². The van der Waals surface area contributed by atoms with Crippen LogP contribution in [0, 0.1) is 0 Å². The number of unbranched alkanes of at least 4 members (excludes halogenated alkanes) is 1. The van der Waals surface area contributed by atoms with Gasteiger partial charge in [-0.2, -0.15) is 0 Å². The number of aromatic nitrogens is 1. The zero-order valence-electron chi connectivity index (χ0n) is 9.03. The number of nitrogens with zero attached hydrogens (tertiary/aromatic N) is 2. The number of anilines is 1. The fourth-order valence-electron chi connectivity index (χ4n) is 1.14. The average molecular weight is 214 g/mol. The minimum Gasteiger partial charge on any atom is -0.388 e. The van der Waals surface area contributed by atoms with E-state index in [9.17, 15) is 5.11 Å². The number of hydrogen-bond donors (Lipinski definition) is 1. The second-order valence-electron chi connectivity index (χ2n) is 3.50. The quantitative estimate of drug-likeness (QED) is 0.818. The Kier molecular flexibility index (Phi) is 4.35. The van der Waals surface area contributed by atoms with Crippen molar-refractivity contribution < 1.29 is 5.11 Å². The lowest BCUT2D eigenvalue weighted by Crippen LogP contribution is -2.17. The molecule has 1 atom stereocenters. The molecule has 1 rings (SSSR count). The zero-order valence-corrected chi connectivity index (χ0v) is 9.84. The van der Waals surface area contributed by atoms with Gasteiger partial charge < -0.3 is 10.0 Å². The summed E-state index contributed by atoms with van der Waals surface area (Å²) in [5.41, 5.74) is 0. The molecule has 1 aromatic rings. The second kappa shape index (κ2) is 5.32. The van der Waals surface area contributed by atoms with E-state index in [0.29, 0.717) is 0 Å². The summed E-state index contributed by atoms with van der Waals surface area (Å²) in [4.78, 5) is 7.35. The molecule has 14 heavy (non-hydrogen) atoms. The third-order valence-corrected chi connectivity index (χ3v) is 3.38. The molecule has 0 radical (unpaired) electrons. The van der Waals surface area contributed by atoms with E-state index in [4.69, 9.17) is 0 Å². The lowest BCUT2D eigenvalue weighted by molar-refractivity contribution is 0.203. The minimum atomic E-state index is -0.402. The lowest BCUT2D eigenvalue weighted by atomic mass is 10.3. The molecule has 1 heterocycles. The van der Waals surface area contributed by atoms with Gasteiger partial charge in [0, 0.05) is 19.8 Å². The van der Waals surface area contributed by atoms with E-state index in [2.05, 4.69) is 16.8 Å². The maximum absolute atomic E-state index is 9.35. The Hall–Kier alpha value is -0.610. The molecule has 1 N–H and O–H groups in total. The maximum Gasteiger partial charge on any atom is 0.185 e. The monoisotopic (exact) mass is 214 g/mol. The van der Waals surface area contributed by atoms with E-state index in [1.54, 1.807) is 24.5 Å². The van der Waals surface area contributed by atoms with Crippen LogP contribution in [0.4, 0.5) is 5.13 Å². The Morgan fingerprint density at radius 1 is 1.64 bits per heavy atom. The first-order valence-corrected chi connectivity index (χ1v) is 5.81. The molecule has 0 saturated carbocycles. The summed E-state index contributed by atoms with van der Waals surface area (Å²) in [6, 6.07) is 0. The highest BCUT2D eigenvalue weighted by Crippen LogP contribution is 2.26. The SMILES string of the molecule is CCCCN(C)c1ncc(C(C)O)s1. The van der Waals surface area contributed by atoms with E-state index in [1.165, 1.54) is 12.8 Å². The molecule has 80 valence electrons. The van der Waals surface area contributed by atoms with Gasteiger partial charge in [-0.25, -0.2) is 4.98 Å². The standard InChI is InChI=1S/C10H18N2OS/c1-4-5-6-12(3)10-11-7-9(14-10)8(2)13/h7-8,13H,4-6H2,1-3H3. The topological polar surface area (TPSA) is 36.4 Å². The average Bonchev–Trinajstić information content (AvgIpc) is 2.62. The zero-order chi connectivity index (χ0) is 10.6. The molecule has 0 amide bonds. The third-order valence-electron chi connectivity index (χ3n) is 2.10. The summed E-state index contributed by atoms with van der Waals surface area (Å²) in [5.74, 6) is 0. The van der Waals surface area contributed by atoms with Crippen LogP contribution in [0.15, 0.2) is 6.20 Å². The molecule has 4 heteroatoms. The van der Waals surface area contributed by atoms with Gasteiger partial charge >= 0.3 is 0 Å². The van der Waals surface area contributed by atoms with Crippen molar-refractivity contribution >= 4 is 16.5 Å². The molecule has 0 spiro atoms. The van der Waals surface area contributed by atoms with Crippen LogP contribution in [0.1, 0.15) is 37.7 Å². The predicted octanol–water partition coefficient (Wildman–Crippen LogP) is 2.43. The van der Waals surface area contributed by atoms with Crippen molar-refractivity contribution in [2.24, 2.45) is 0 Å². The second-order valence-corrected chi connectivity index (χ2v) is 4.54. The molecule has 3 nitrogen and oxygen atoms in total. The number of hydrogen-bond acceptors (Lipinski definition) is 4. The normalized spacial score (nSPS) is 12.9. The Labute approximate surface area is 89.4 Å². The van der Waals surface area contributed by atoms with Crippen LogP contribution in [-0.2, 0) is 0 Å². The van der Waals surface area contributed by atoms with Gasteiger partial charge in [-0.15, -0.1) is 0 Å². The van der Waals surface area contributed by atoms with Gasteiger partial charge in [0.25, 0.3) is 0 Å². The third kappa shape index (κ3) is 2.96. The molecule has 0 saturated heterocycles. The Balaban J connectivity index is 2.57. The van der Waals surface area contributed by atoms with Crippen LogP contribution < -0.4 is 4.90 Å². The summed E-state index contributed by atoms with van der Waals surface area (Å²) in [6.07, 6.45) is 3.73. The first-order valence-electron chi connectivity index (χ1n) is 5.00. The van der Waals surface area contributed by atoms with E-state index < -0.39 is 6.10 Å². The Morgan fingerprint density at radius 3 is 2.86 bits per heavy atom. The van der Waals surface area contributed by atoms with Crippen molar-refractivity contribution in [1.29, 1.82) is 0 Å². The van der Waals surface area contributed by atoms with Crippen LogP contribution >= 0.6 is 11.3 Å². The fraction of sp³-hybridized carbons (Fsp3) is 0.700. The molecular formula is C10H18N2OS. The van der Waals surface area contributed by atoms with E-state index in [-0.39, 0.29) is 0 Å². The van der Waals surface area contributed by atoms with Gasteiger partial charge in [0.05, 0.1) is 11.0 Å². The summed E-state index contributed by atoms with van der Waals surface area (Å²) in [5, 5.41) is 10.3. The molecule has 0 aliphatic heterocycles. The molecular weight excluding hydrogens is 196 g/mol. The number of rotatable bonds is 5. The molecule has 1 aromatic heterocycles. The molecule has 0 aliphatic carbocycles. The first-order chi connectivity index (χ1) is 6.65. The van der Waals surface area contributed by atoms with Crippen LogP contribution in [-0.4, -0.2) is 23.7 Å². The van der Waals surface area contributed by atoms with Crippen molar-refractivity contribution in [3.05, 3.63) is 11.1 Å².